The number of rotatable bonds is 6. The molecule has 8 heteroatoms. The van der Waals surface area contributed by atoms with E-state index >= 15 is 0 Å². The maximum absolute atomic E-state index is 13.1. The van der Waals surface area contributed by atoms with E-state index in [-0.39, 0.29) is 23.6 Å². The average molecular weight is 440 g/mol. The highest BCUT2D eigenvalue weighted by molar-refractivity contribution is 9.10. The van der Waals surface area contributed by atoms with E-state index in [9.17, 15) is 14.0 Å². The van der Waals surface area contributed by atoms with Crippen molar-refractivity contribution in [3.63, 3.8) is 0 Å². The third kappa shape index (κ3) is 5.28. The van der Waals surface area contributed by atoms with Crippen LogP contribution in [0.1, 0.15) is 16.8 Å². The highest BCUT2D eigenvalue weighted by Gasteiger charge is 2.19. The molecule has 1 amide bonds. The molecule has 0 N–H and O–H groups in total. The van der Waals surface area contributed by atoms with Crippen LogP contribution in [-0.4, -0.2) is 25.0 Å². The Balaban J connectivity index is 2.09. The van der Waals surface area contributed by atoms with Gasteiger partial charge in [-0.05, 0) is 42.5 Å². The fraction of sp³-hybridized carbons (Fsp3) is 0.167. The summed E-state index contributed by atoms with van der Waals surface area (Å²) < 4.78 is 18.8. The van der Waals surface area contributed by atoms with Gasteiger partial charge in [-0.3, -0.25) is 4.79 Å². The number of halogens is 3. The smallest absolute Gasteiger partial charge is 0.340 e. The summed E-state index contributed by atoms with van der Waals surface area (Å²) in [5.41, 5.74) is 0.530. The van der Waals surface area contributed by atoms with E-state index in [1.165, 1.54) is 41.3 Å². The number of amides is 1. The molecule has 0 aliphatic rings. The van der Waals surface area contributed by atoms with E-state index in [0.29, 0.717) is 10.2 Å². The van der Waals surface area contributed by atoms with Crippen molar-refractivity contribution >= 4 is 45.1 Å². The predicted molar refractivity (Wildman–Crippen MR) is 98.4 cm³/mol. The summed E-state index contributed by atoms with van der Waals surface area (Å²) in [4.78, 5) is 25.8. The molecule has 0 spiro atoms. The third-order valence-corrected chi connectivity index (χ3v) is 4.18. The van der Waals surface area contributed by atoms with Crippen LogP contribution in [-0.2, 0) is 9.53 Å². The van der Waals surface area contributed by atoms with Gasteiger partial charge in [-0.25, -0.2) is 9.18 Å². The highest BCUT2D eigenvalue weighted by Crippen LogP contribution is 2.22. The molecule has 0 saturated carbocycles. The fourth-order valence-electron chi connectivity index (χ4n) is 2.12. The molecule has 5 nitrogen and oxygen atoms in total. The fourth-order valence-corrected chi connectivity index (χ4v) is 2.67. The zero-order valence-corrected chi connectivity index (χ0v) is 15.8. The number of carbonyl (C=O) groups excluding carboxylic acids is 2. The van der Waals surface area contributed by atoms with Gasteiger partial charge in [0.15, 0.2) is 6.61 Å². The molecular formula is C18H13BrClFN2O3. The van der Waals surface area contributed by atoms with Gasteiger partial charge in [-0.2, -0.15) is 5.26 Å². The molecule has 0 aliphatic heterocycles. The first-order chi connectivity index (χ1) is 12.4. The average Bonchev–Trinajstić information content (AvgIpc) is 2.63. The molecule has 26 heavy (non-hydrogen) atoms. The standard InChI is InChI=1S/C18H13BrClFN2O3/c19-12-2-7-16(20)15(10-12)18(25)26-11-17(24)23(9-1-8-22)14-5-3-13(21)4-6-14/h2-7,10H,1,9,11H2. The molecule has 0 radical (unpaired) electrons. The lowest BCUT2D eigenvalue weighted by Gasteiger charge is -2.21. The largest absolute Gasteiger partial charge is 0.452 e. The minimum atomic E-state index is -0.746. The Morgan fingerprint density at radius 3 is 2.58 bits per heavy atom. The number of hydrogen-bond donors (Lipinski definition) is 0. The van der Waals surface area contributed by atoms with Crippen molar-refractivity contribution in [2.24, 2.45) is 0 Å². The van der Waals surface area contributed by atoms with E-state index in [4.69, 9.17) is 21.6 Å². The van der Waals surface area contributed by atoms with Crippen LogP contribution >= 0.6 is 27.5 Å². The summed E-state index contributed by atoms with van der Waals surface area (Å²) >= 11 is 9.19. The van der Waals surface area contributed by atoms with Crippen molar-refractivity contribution in [2.45, 2.75) is 6.42 Å². The molecule has 0 bridgehead atoms. The van der Waals surface area contributed by atoms with Crippen LogP contribution in [0.4, 0.5) is 10.1 Å². The number of hydrogen-bond acceptors (Lipinski definition) is 4. The summed E-state index contributed by atoms with van der Waals surface area (Å²) in [7, 11) is 0. The number of nitriles is 1. The lowest BCUT2D eigenvalue weighted by Crippen LogP contribution is -2.35. The van der Waals surface area contributed by atoms with E-state index in [0.717, 1.165) is 0 Å². The quantitative estimate of drug-likeness (QED) is 0.628. The van der Waals surface area contributed by atoms with Gasteiger partial charge in [0, 0.05) is 16.7 Å². The summed E-state index contributed by atoms with van der Waals surface area (Å²) in [6.45, 7) is -0.444. The van der Waals surface area contributed by atoms with Crippen molar-refractivity contribution in [3.8, 4) is 6.07 Å². The molecule has 2 aromatic carbocycles. The molecule has 0 aromatic heterocycles. The van der Waals surface area contributed by atoms with Crippen molar-refractivity contribution in [1.29, 1.82) is 5.26 Å². The highest BCUT2D eigenvalue weighted by atomic mass is 79.9. The molecular weight excluding hydrogens is 427 g/mol. The molecule has 2 aromatic rings. The van der Waals surface area contributed by atoms with Crippen molar-refractivity contribution < 1.29 is 18.7 Å². The van der Waals surface area contributed by atoms with Crippen LogP contribution in [0.2, 0.25) is 5.02 Å². The second kappa shape index (κ2) is 9.32. The van der Waals surface area contributed by atoms with E-state index in [1.807, 2.05) is 6.07 Å². The zero-order valence-electron chi connectivity index (χ0n) is 13.4. The van der Waals surface area contributed by atoms with Crippen LogP contribution < -0.4 is 4.90 Å². The van der Waals surface area contributed by atoms with E-state index < -0.39 is 24.3 Å². The molecule has 0 atom stereocenters. The Kier molecular flexibility index (Phi) is 7.13. The summed E-state index contributed by atoms with van der Waals surface area (Å²) in [5, 5.41) is 8.96. The molecule has 0 unspecified atom stereocenters. The van der Waals surface area contributed by atoms with Gasteiger partial charge in [0.25, 0.3) is 5.91 Å². The Hall–Kier alpha value is -2.43. The van der Waals surface area contributed by atoms with Gasteiger partial charge in [-0.1, -0.05) is 27.5 Å². The molecule has 2 rings (SSSR count). The first kappa shape index (κ1) is 19.9. The number of nitrogens with zero attached hydrogens (tertiary/aromatic N) is 2. The minimum absolute atomic E-state index is 0.0779. The van der Waals surface area contributed by atoms with Crippen molar-refractivity contribution in [3.05, 3.63) is 63.3 Å². The van der Waals surface area contributed by atoms with E-state index in [1.54, 1.807) is 6.07 Å². The normalized spacial score (nSPS) is 10.1. The van der Waals surface area contributed by atoms with Crippen molar-refractivity contribution in [2.75, 3.05) is 18.1 Å². The second-order valence-corrected chi connectivity index (χ2v) is 6.45. The van der Waals surface area contributed by atoms with Gasteiger partial charge in [0.2, 0.25) is 0 Å². The number of esters is 1. The van der Waals surface area contributed by atoms with Gasteiger partial charge in [-0.15, -0.1) is 0 Å². The number of benzene rings is 2. The SMILES string of the molecule is N#CCCN(C(=O)COC(=O)c1cc(Br)ccc1Cl)c1ccc(F)cc1. The first-order valence-electron chi connectivity index (χ1n) is 7.47. The first-order valence-corrected chi connectivity index (χ1v) is 8.64. The Morgan fingerprint density at radius 2 is 1.92 bits per heavy atom. The molecule has 134 valence electrons. The maximum Gasteiger partial charge on any atom is 0.340 e. The Bertz CT molecular complexity index is 853. The van der Waals surface area contributed by atoms with Gasteiger partial charge in [0.1, 0.15) is 5.82 Å². The lowest BCUT2D eigenvalue weighted by molar-refractivity contribution is -0.121. The molecule has 0 aliphatic carbocycles. The third-order valence-electron chi connectivity index (χ3n) is 3.36. The second-order valence-electron chi connectivity index (χ2n) is 5.13. The zero-order chi connectivity index (χ0) is 19.1. The summed E-state index contributed by atoms with van der Waals surface area (Å²) in [5.74, 6) is -1.73. The molecule has 0 saturated heterocycles. The monoisotopic (exact) mass is 438 g/mol. The number of anilines is 1. The molecule has 0 fully saturated rings. The van der Waals surface area contributed by atoms with E-state index in [2.05, 4.69) is 15.9 Å². The Morgan fingerprint density at radius 1 is 1.23 bits per heavy atom. The number of carbonyl (C=O) groups is 2. The topological polar surface area (TPSA) is 70.4 Å². The van der Waals surface area contributed by atoms with Crippen LogP contribution in [0.5, 0.6) is 0 Å². The van der Waals surface area contributed by atoms with Crippen molar-refractivity contribution in [1.82, 2.24) is 0 Å². The van der Waals surface area contributed by atoms with Crippen LogP contribution in [0.3, 0.4) is 0 Å². The van der Waals surface area contributed by atoms with Crippen LogP contribution in [0.15, 0.2) is 46.9 Å². The summed E-state index contributed by atoms with van der Waals surface area (Å²) in [6, 6.07) is 11.9. The van der Waals surface area contributed by atoms with Crippen LogP contribution in [0.25, 0.3) is 0 Å². The van der Waals surface area contributed by atoms with Gasteiger partial charge < -0.3 is 9.64 Å². The minimum Gasteiger partial charge on any atom is -0.452 e. The summed E-state index contributed by atoms with van der Waals surface area (Å²) in [6.07, 6.45) is 0.0779. The lowest BCUT2D eigenvalue weighted by atomic mass is 10.2. The van der Waals surface area contributed by atoms with Gasteiger partial charge >= 0.3 is 5.97 Å². The van der Waals surface area contributed by atoms with Gasteiger partial charge in [0.05, 0.1) is 23.1 Å². The maximum atomic E-state index is 13.1. The predicted octanol–water partition coefficient (Wildman–Crippen LogP) is 4.35. The molecule has 0 heterocycles. The number of ether oxygens (including phenoxy) is 1. The van der Waals surface area contributed by atoms with Crippen LogP contribution in [0, 0.1) is 17.1 Å². The Labute approximate surface area is 163 Å².